The van der Waals surface area contributed by atoms with Crippen LogP contribution in [0, 0.1) is 5.92 Å². The second kappa shape index (κ2) is 12.1. The molecular formula is C31H37N5O4. The highest BCUT2D eigenvalue weighted by Gasteiger charge is 2.50. The first-order valence-electron chi connectivity index (χ1n) is 14.0. The summed E-state index contributed by atoms with van der Waals surface area (Å²) in [7, 11) is 2.07. The molecule has 9 nitrogen and oxygen atoms in total. The second-order valence-corrected chi connectivity index (χ2v) is 11.1. The number of nitrogens with zero attached hydrogens (tertiary/aromatic N) is 5. The minimum absolute atomic E-state index is 0.0267. The summed E-state index contributed by atoms with van der Waals surface area (Å²) in [4.78, 5) is 57.6. The van der Waals surface area contributed by atoms with Gasteiger partial charge in [-0.3, -0.25) is 29.1 Å². The maximum absolute atomic E-state index is 14.1. The first-order valence-corrected chi connectivity index (χ1v) is 14.0. The smallest absolute Gasteiger partial charge is 0.276 e. The number of likely N-dealkylation sites (tertiary alicyclic amines) is 1. The van der Waals surface area contributed by atoms with Crippen LogP contribution in [0.5, 0.6) is 0 Å². The zero-order valence-corrected chi connectivity index (χ0v) is 23.3. The van der Waals surface area contributed by atoms with E-state index in [-0.39, 0.29) is 29.6 Å². The summed E-state index contributed by atoms with van der Waals surface area (Å²) in [6.07, 6.45) is 7.81. The largest absolute Gasteiger partial charge is 0.310 e. The van der Waals surface area contributed by atoms with Gasteiger partial charge in [-0.05, 0) is 69.1 Å². The number of hydrogen-bond acceptors (Lipinski definition) is 6. The van der Waals surface area contributed by atoms with E-state index < -0.39 is 18.1 Å². The Bertz CT molecular complexity index is 1270. The predicted molar refractivity (Wildman–Crippen MR) is 151 cm³/mol. The van der Waals surface area contributed by atoms with Crippen LogP contribution < -0.4 is 0 Å². The standard InChI is InChI=1S/C31H37N5O4/c1-22(2)19-27-31(39)35-26(20-23-9-5-4-6-10-23)30(38)34(25-14-17-33(3)18-15-25)21-28(35)36(40-27)29(37)13-12-24-11-7-8-16-32-24/h4-13,16,21-22,25-27H,14-15,17-20H2,1-3H3/b13-12+/t26-,27+/m0/s1. The van der Waals surface area contributed by atoms with Crippen LogP contribution in [-0.4, -0.2) is 80.8 Å². The van der Waals surface area contributed by atoms with Gasteiger partial charge in [0.25, 0.3) is 11.8 Å². The van der Waals surface area contributed by atoms with Crippen molar-refractivity contribution in [1.29, 1.82) is 0 Å². The van der Waals surface area contributed by atoms with E-state index in [1.165, 1.54) is 16.0 Å². The fourth-order valence-corrected chi connectivity index (χ4v) is 5.50. The number of hydroxylamine groups is 2. The molecule has 3 amide bonds. The van der Waals surface area contributed by atoms with E-state index in [1.54, 1.807) is 35.5 Å². The molecule has 9 heteroatoms. The van der Waals surface area contributed by atoms with Crippen molar-refractivity contribution in [3.63, 3.8) is 0 Å². The van der Waals surface area contributed by atoms with Crippen LogP contribution >= 0.6 is 0 Å². The third kappa shape index (κ3) is 6.00. The van der Waals surface area contributed by atoms with Crippen LogP contribution in [0.4, 0.5) is 0 Å². The number of amides is 3. The molecule has 0 unspecified atom stereocenters. The lowest BCUT2D eigenvalue weighted by Crippen LogP contribution is -2.65. The summed E-state index contributed by atoms with van der Waals surface area (Å²) in [6.45, 7) is 5.73. The van der Waals surface area contributed by atoms with Gasteiger partial charge in [-0.1, -0.05) is 50.2 Å². The van der Waals surface area contributed by atoms with Crippen LogP contribution in [0.3, 0.4) is 0 Å². The zero-order valence-electron chi connectivity index (χ0n) is 23.3. The third-order valence-electron chi connectivity index (χ3n) is 7.63. The van der Waals surface area contributed by atoms with Crippen molar-refractivity contribution in [3.05, 3.63) is 84.1 Å². The van der Waals surface area contributed by atoms with E-state index in [0.717, 1.165) is 31.5 Å². The first kappa shape index (κ1) is 27.7. The van der Waals surface area contributed by atoms with Crippen molar-refractivity contribution in [2.45, 2.75) is 57.7 Å². The predicted octanol–water partition coefficient (Wildman–Crippen LogP) is 3.46. The molecule has 2 atom stereocenters. The molecule has 1 aromatic carbocycles. The van der Waals surface area contributed by atoms with Gasteiger partial charge < -0.3 is 9.80 Å². The number of benzene rings is 1. The molecular weight excluding hydrogens is 506 g/mol. The molecule has 3 aliphatic heterocycles. The van der Waals surface area contributed by atoms with Crippen molar-refractivity contribution in [1.82, 2.24) is 24.7 Å². The van der Waals surface area contributed by atoms with Crippen molar-refractivity contribution in [3.8, 4) is 0 Å². The Hall–Kier alpha value is -3.82. The Morgan fingerprint density at radius 3 is 2.45 bits per heavy atom. The number of aromatic nitrogens is 1. The van der Waals surface area contributed by atoms with Crippen molar-refractivity contribution >= 4 is 23.8 Å². The summed E-state index contributed by atoms with van der Waals surface area (Å²) >= 11 is 0. The van der Waals surface area contributed by atoms with Gasteiger partial charge in [0, 0.05) is 24.7 Å². The van der Waals surface area contributed by atoms with Crippen LogP contribution in [0.25, 0.3) is 6.08 Å². The van der Waals surface area contributed by atoms with Gasteiger partial charge in [-0.2, -0.15) is 5.06 Å². The number of hydrogen-bond donors (Lipinski definition) is 0. The number of carbonyl (C=O) groups is 3. The number of rotatable bonds is 7. The fourth-order valence-electron chi connectivity index (χ4n) is 5.50. The van der Waals surface area contributed by atoms with E-state index in [4.69, 9.17) is 4.84 Å². The topological polar surface area (TPSA) is 86.3 Å². The molecule has 2 saturated heterocycles. The van der Waals surface area contributed by atoms with E-state index >= 15 is 0 Å². The van der Waals surface area contributed by atoms with Crippen LogP contribution in [0.1, 0.15) is 44.4 Å². The Morgan fingerprint density at radius 1 is 1.05 bits per heavy atom. The number of pyridine rings is 1. The van der Waals surface area contributed by atoms with Crippen molar-refractivity contribution < 1.29 is 19.2 Å². The molecule has 4 heterocycles. The summed E-state index contributed by atoms with van der Waals surface area (Å²) in [5.74, 6) is -0.448. The molecule has 0 N–H and O–H groups in total. The SMILES string of the molecule is CC(C)C[C@H]1ON(C(=O)/C=C/c2ccccn2)C2=CN(C3CCN(C)CC3)C(=O)[C@H](Cc3ccccc3)N2C1=O. The monoisotopic (exact) mass is 543 g/mol. The van der Waals surface area contributed by atoms with E-state index in [1.807, 2.05) is 50.2 Å². The average molecular weight is 544 g/mol. The van der Waals surface area contributed by atoms with E-state index in [0.29, 0.717) is 18.5 Å². The molecule has 3 aliphatic rings. The number of carbonyl (C=O) groups excluding carboxylic acids is 3. The summed E-state index contributed by atoms with van der Waals surface area (Å²) in [6, 6.07) is 14.3. The molecule has 0 saturated carbocycles. The van der Waals surface area contributed by atoms with Crippen molar-refractivity contribution in [2.24, 2.45) is 5.92 Å². The Kier molecular flexibility index (Phi) is 8.42. The minimum atomic E-state index is -0.884. The normalized spacial score (nSPS) is 22.7. The molecule has 210 valence electrons. The quantitative estimate of drug-likeness (QED) is 0.498. The molecule has 0 bridgehead atoms. The van der Waals surface area contributed by atoms with E-state index in [9.17, 15) is 14.4 Å². The molecule has 1 aromatic heterocycles. The lowest BCUT2D eigenvalue weighted by Gasteiger charge is -2.49. The maximum Gasteiger partial charge on any atom is 0.276 e. The molecule has 2 aromatic rings. The second-order valence-electron chi connectivity index (χ2n) is 11.1. The van der Waals surface area contributed by atoms with Gasteiger partial charge in [-0.15, -0.1) is 0 Å². The maximum atomic E-state index is 14.1. The summed E-state index contributed by atoms with van der Waals surface area (Å²) in [5, 5.41) is 1.19. The Morgan fingerprint density at radius 2 is 1.77 bits per heavy atom. The van der Waals surface area contributed by atoms with Gasteiger partial charge >= 0.3 is 0 Å². The third-order valence-corrected chi connectivity index (χ3v) is 7.63. The molecule has 40 heavy (non-hydrogen) atoms. The Labute approximate surface area is 235 Å². The average Bonchev–Trinajstić information content (AvgIpc) is 2.96. The van der Waals surface area contributed by atoms with Crippen molar-refractivity contribution in [2.75, 3.05) is 20.1 Å². The molecule has 2 fully saturated rings. The lowest BCUT2D eigenvalue weighted by molar-refractivity contribution is -0.226. The minimum Gasteiger partial charge on any atom is -0.310 e. The molecule has 0 spiro atoms. The highest BCUT2D eigenvalue weighted by atomic mass is 16.7. The van der Waals surface area contributed by atoms with E-state index in [2.05, 4.69) is 16.9 Å². The number of fused-ring (bicyclic) bond motifs is 1. The van der Waals surface area contributed by atoms with Gasteiger partial charge in [-0.25, -0.2) is 0 Å². The first-order chi connectivity index (χ1) is 19.3. The molecule has 5 rings (SSSR count). The fraction of sp³-hybridized carbons (Fsp3) is 0.419. The van der Waals surface area contributed by atoms with Gasteiger partial charge in [0.1, 0.15) is 6.04 Å². The zero-order chi connectivity index (χ0) is 28.2. The molecule has 0 aliphatic carbocycles. The summed E-state index contributed by atoms with van der Waals surface area (Å²) < 4.78 is 0. The highest BCUT2D eigenvalue weighted by molar-refractivity contribution is 5.97. The van der Waals surface area contributed by atoms with Gasteiger partial charge in [0.15, 0.2) is 11.9 Å². The highest BCUT2D eigenvalue weighted by Crippen LogP contribution is 2.35. The number of piperidine rings is 1. The summed E-state index contributed by atoms with van der Waals surface area (Å²) in [5.41, 5.74) is 1.57. The van der Waals surface area contributed by atoms with Gasteiger partial charge in [0.05, 0.1) is 11.9 Å². The van der Waals surface area contributed by atoms with Crippen LogP contribution in [-0.2, 0) is 25.6 Å². The molecule has 0 radical (unpaired) electrons. The van der Waals surface area contributed by atoms with Gasteiger partial charge in [0.2, 0.25) is 5.91 Å². The lowest BCUT2D eigenvalue weighted by atomic mass is 9.96. The van der Waals surface area contributed by atoms with Crippen LogP contribution in [0.2, 0.25) is 0 Å². The Balaban J connectivity index is 1.55. The van der Waals surface area contributed by atoms with Crippen LogP contribution in [0.15, 0.2) is 72.8 Å².